The van der Waals surface area contributed by atoms with Gasteiger partial charge in [0.05, 0.1) is 0 Å². The first-order chi connectivity index (χ1) is 9.20. The second kappa shape index (κ2) is 5.14. The molecule has 0 radical (unpaired) electrons. The first kappa shape index (κ1) is 12.4. The Morgan fingerprint density at radius 2 is 1.79 bits per heavy atom. The van der Waals surface area contributed by atoms with E-state index in [1.165, 1.54) is 5.56 Å². The van der Waals surface area contributed by atoms with E-state index in [4.69, 9.17) is 11.6 Å². The molecule has 0 amide bonds. The maximum absolute atomic E-state index is 9.42. The van der Waals surface area contributed by atoms with Gasteiger partial charge in [-0.2, -0.15) is 0 Å². The number of benzene rings is 2. The number of halogens is 1. The summed E-state index contributed by atoms with van der Waals surface area (Å²) in [6, 6.07) is 15.9. The van der Waals surface area contributed by atoms with E-state index in [1.54, 1.807) is 12.1 Å². The van der Waals surface area contributed by atoms with E-state index in [9.17, 15) is 5.11 Å². The van der Waals surface area contributed by atoms with Gasteiger partial charge < -0.3 is 10.4 Å². The fraction of sp³-hybridized carbons (Fsp3) is 0.250. The molecule has 2 N–H and O–H groups in total. The molecule has 0 aromatic heterocycles. The summed E-state index contributed by atoms with van der Waals surface area (Å²) < 4.78 is 0. The van der Waals surface area contributed by atoms with Crippen molar-refractivity contribution in [2.45, 2.75) is 24.8 Å². The van der Waals surface area contributed by atoms with Crippen LogP contribution >= 0.6 is 11.6 Å². The van der Waals surface area contributed by atoms with Crippen molar-refractivity contribution in [3.05, 3.63) is 59.1 Å². The highest BCUT2D eigenvalue weighted by Gasteiger charge is 2.30. The maximum Gasteiger partial charge on any atom is 0.117 e. The van der Waals surface area contributed by atoms with Crippen LogP contribution in [0.25, 0.3) is 0 Å². The lowest BCUT2D eigenvalue weighted by atomic mass is 9.76. The molecular formula is C16H16ClNO. The Morgan fingerprint density at radius 3 is 2.47 bits per heavy atom. The molecule has 19 heavy (non-hydrogen) atoms. The van der Waals surface area contributed by atoms with Crippen molar-refractivity contribution in [2.75, 3.05) is 5.32 Å². The molecule has 0 atom stereocenters. The SMILES string of the molecule is Oc1cccc(NC2CC(c3ccc(Cl)cc3)C2)c1. The molecule has 3 rings (SSSR count). The number of nitrogens with one attached hydrogen (secondary N) is 1. The number of rotatable bonds is 3. The summed E-state index contributed by atoms with van der Waals surface area (Å²) in [4.78, 5) is 0. The van der Waals surface area contributed by atoms with Crippen molar-refractivity contribution < 1.29 is 5.11 Å². The predicted octanol–water partition coefficient (Wildman–Crippen LogP) is 4.40. The zero-order chi connectivity index (χ0) is 13.2. The van der Waals surface area contributed by atoms with Crippen LogP contribution in [0.2, 0.25) is 5.02 Å². The topological polar surface area (TPSA) is 32.3 Å². The highest BCUT2D eigenvalue weighted by Crippen LogP contribution is 2.38. The van der Waals surface area contributed by atoms with Crippen molar-refractivity contribution in [3.8, 4) is 5.75 Å². The van der Waals surface area contributed by atoms with Gasteiger partial charge in [0, 0.05) is 22.8 Å². The first-order valence-corrected chi connectivity index (χ1v) is 6.89. The van der Waals surface area contributed by atoms with Crippen molar-refractivity contribution in [1.29, 1.82) is 0 Å². The third-order valence-corrected chi connectivity index (χ3v) is 3.95. The normalized spacial score (nSPS) is 21.7. The summed E-state index contributed by atoms with van der Waals surface area (Å²) in [6.07, 6.45) is 2.24. The largest absolute Gasteiger partial charge is 0.508 e. The van der Waals surface area contributed by atoms with Gasteiger partial charge in [-0.3, -0.25) is 0 Å². The second-order valence-corrected chi connectivity index (χ2v) is 5.55. The number of phenols is 1. The Kier molecular flexibility index (Phi) is 3.34. The molecule has 2 aromatic rings. The average molecular weight is 274 g/mol. The maximum atomic E-state index is 9.42. The molecule has 2 aromatic carbocycles. The number of phenolic OH excluding ortho intramolecular Hbond substituents is 1. The van der Waals surface area contributed by atoms with Crippen LogP contribution in [0.4, 0.5) is 5.69 Å². The number of anilines is 1. The second-order valence-electron chi connectivity index (χ2n) is 5.11. The van der Waals surface area contributed by atoms with E-state index < -0.39 is 0 Å². The number of aromatic hydroxyl groups is 1. The molecule has 0 saturated heterocycles. The molecule has 3 heteroatoms. The summed E-state index contributed by atoms with van der Waals surface area (Å²) in [5, 5.41) is 13.7. The summed E-state index contributed by atoms with van der Waals surface area (Å²) in [5.41, 5.74) is 2.35. The minimum absolute atomic E-state index is 0.304. The van der Waals surface area contributed by atoms with E-state index in [0.29, 0.717) is 17.7 Å². The fourth-order valence-corrected chi connectivity index (χ4v) is 2.70. The Morgan fingerprint density at radius 1 is 1.05 bits per heavy atom. The van der Waals surface area contributed by atoms with Crippen LogP contribution in [-0.2, 0) is 0 Å². The quantitative estimate of drug-likeness (QED) is 0.868. The molecule has 1 saturated carbocycles. The van der Waals surface area contributed by atoms with Gasteiger partial charge in [0.1, 0.15) is 5.75 Å². The van der Waals surface area contributed by atoms with Gasteiger partial charge in [-0.1, -0.05) is 29.8 Å². The summed E-state index contributed by atoms with van der Waals surface area (Å²) in [6.45, 7) is 0. The summed E-state index contributed by atoms with van der Waals surface area (Å²) >= 11 is 5.89. The molecular weight excluding hydrogens is 258 g/mol. The fourth-order valence-electron chi connectivity index (χ4n) is 2.57. The molecule has 0 aliphatic heterocycles. The average Bonchev–Trinajstić information content (AvgIpc) is 2.35. The van der Waals surface area contributed by atoms with Crippen molar-refractivity contribution in [1.82, 2.24) is 0 Å². The molecule has 1 aliphatic rings. The van der Waals surface area contributed by atoms with Crippen molar-refractivity contribution in [2.24, 2.45) is 0 Å². The Labute approximate surface area is 118 Å². The lowest BCUT2D eigenvalue weighted by molar-refractivity contribution is 0.374. The van der Waals surface area contributed by atoms with Crippen LogP contribution in [0.3, 0.4) is 0 Å². The smallest absolute Gasteiger partial charge is 0.117 e. The van der Waals surface area contributed by atoms with Crippen LogP contribution < -0.4 is 5.32 Å². The van der Waals surface area contributed by atoms with Crippen molar-refractivity contribution in [3.63, 3.8) is 0 Å². The predicted molar refractivity (Wildman–Crippen MR) is 78.9 cm³/mol. The minimum Gasteiger partial charge on any atom is -0.508 e. The monoisotopic (exact) mass is 273 g/mol. The van der Waals surface area contributed by atoms with Gasteiger partial charge in [-0.15, -0.1) is 0 Å². The molecule has 2 nitrogen and oxygen atoms in total. The molecule has 0 spiro atoms. The van der Waals surface area contributed by atoms with E-state index in [0.717, 1.165) is 23.6 Å². The van der Waals surface area contributed by atoms with Crippen LogP contribution in [-0.4, -0.2) is 11.1 Å². The van der Waals surface area contributed by atoms with Crippen LogP contribution in [0, 0.1) is 0 Å². The first-order valence-electron chi connectivity index (χ1n) is 6.52. The lowest BCUT2D eigenvalue weighted by Crippen LogP contribution is -2.33. The standard InChI is InChI=1S/C16H16ClNO/c17-13-6-4-11(5-7-13)12-8-15(9-12)18-14-2-1-3-16(19)10-14/h1-7,10,12,15,18-19H,8-9H2. The van der Waals surface area contributed by atoms with Crippen LogP contribution in [0.15, 0.2) is 48.5 Å². The number of hydrogen-bond acceptors (Lipinski definition) is 2. The van der Waals surface area contributed by atoms with Crippen molar-refractivity contribution >= 4 is 17.3 Å². The highest BCUT2D eigenvalue weighted by atomic mass is 35.5. The van der Waals surface area contributed by atoms with E-state index in [2.05, 4.69) is 17.4 Å². The Bertz CT molecular complexity index is 561. The minimum atomic E-state index is 0.304. The van der Waals surface area contributed by atoms with E-state index in [-0.39, 0.29) is 0 Å². The zero-order valence-corrected chi connectivity index (χ0v) is 11.3. The number of hydrogen-bond donors (Lipinski definition) is 2. The van der Waals surface area contributed by atoms with E-state index >= 15 is 0 Å². The van der Waals surface area contributed by atoms with Gasteiger partial charge in [0.2, 0.25) is 0 Å². The zero-order valence-electron chi connectivity index (χ0n) is 10.5. The molecule has 1 fully saturated rings. The van der Waals surface area contributed by atoms with Crippen LogP contribution in [0.1, 0.15) is 24.3 Å². The molecule has 1 aliphatic carbocycles. The third-order valence-electron chi connectivity index (χ3n) is 3.70. The Balaban J connectivity index is 1.57. The van der Waals surface area contributed by atoms with Gasteiger partial charge in [0.15, 0.2) is 0 Å². The van der Waals surface area contributed by atoms with Gasteiger partial charge >= 0.3 is 0 Å². The summed E-state index contributed by atoms with van der Waals surface area (Å²) in [5.74, 6) is 0.922. The van der Waals surface area contributed by atoms with Gasteiger partial charge in [-0.25, -0.2) is 0 Å². The highest BCUT2D eigenvalue weighted by molar-refractivity contribution is 6.30. The summed E-state index contributed by atoms with van der Waals surface area (Å²) in [7, 11) is 0. The third kappa shape index (κ3) is 2.85. The molecule has 0 bridgehead atoms. The molecule has 0 unspecified atom stereocenters. The van der Waals surface area contributed by atoms with Gasteiger partial charge in [0.25, 0.3) is 0 Å². The van der Waals surface area contributed by atoms with E-state index in [1.807, 2.05) is 24.3 Å². The Hall–Kier alpha value is -1.67. The molecule has 98 valence electrons. The van der Waals surface area contributed by atoms with Crippen LogP contribution in [0.5, 0.6) is 5.75 Å². The lowest BCUT2D eigenvalue weighted by Gasteiger charge is -2.37. The molecule has 0 heterocycles. The van der Waals surface area contributed by atoms with Gasteiger partial charge in [-0.05, 0) is 48.6 Å².